The average Bonchev–Trinajstić information content (AvgIpc) is 2.79. The maximum Gasteiger partial charge on any atom is 0.573 e. The van der Waals surface area contributed by atoms with Crippen molar-refractivity contribution in [1.29, 1.82) is 0 Å². The molecule has 8 nitrogen and oxygen atoms in total. The van der Waals surface area contributed by atoms with Crippen molar-refractivity contribution in [1.82, 2.24) is 9.80 Å². The van der Waals surface area contributed by atoms with Gasteiger partial charge in [-0.2, -0.15) is 0 Å². The molecule has 2 aliphatic heterocycles. The maximum atomic E-state index is 13.2. The Hall–Kier alpha value is -3.35. The molecule has 0 aromatic heterocycles. The van der Waals surface area contributed by atoms with Crippen molar-refractivity contribution in [3.05, 3.63) is 64.4 Å². The van der Waals surface area contributed by atoms with E-state index in [1.807, 2.05) is 0 Å². The lowest BCUT2D eigenvalue weighted by Gasteiger charge is -2.49. The van der Waals surface area contributed by atoms with Gasteiger partial charge in [0.15, 0.2) is 0 Å². The number of amides is 3. The quantitative estimate of drug-likeness (QED) is 0.425. The molecule has 37 heavy (non-hydrogen) atoms. The molecule has 3 N–H and O–H groups in total. The summed E-state index contributed by atoms with van der Waals surface area (Å²) in [4.78, 5) is 28.4. The molecule has 4 rings (SSSR count). The van der Waals surface area contributed by atoms with E-state index in [4.69, 9.17) is 22.1 Å². The first kappa shape index (κ1) is 26.7. The number of fused-ring (bicyclic) bond motifs is 2. The lowest BCUT2D eigenvalue weighted by atomic mass is 10.0. The molecular formula is C24H23ClF4N4O4. The molecule has 2 heterocycles. The third-order valence-corrected chi connectivity index (χ3v) is 6.21. The normalized spacial score (nSPS) is 20.2. The number of hydrogen-bond acceptors (Lipinski definition) is 5. The van der Waals surface area contributed by atoms with E-state index in [9.17, 15) is 27.2 Å². The summed E-state index contributed by atoms with van der Waals surface area (Å²) >= 11 is 5.87. The highest BCUT2D eigenvalue weighted by Gasteiger charge is 2.40. The number of rotatable bonds is 6. The first-order valence-electron chi connectivity index (χ1n) is 11.2. The zero-order chi connectivity index (χ0) is 26.7. The largest absolute Gasteiger partial charge is 0.573 e. The smallest absolute Gasteiger partial charge is 0.404 e. The summed E-state index contributed by atoms with van der Waals surface area (Å²) in [6.07, 6.45) is -2.54. The van der Waals surface area contributed by atoms with Crippen LogP contribution >= 0.6 is 11.6 Å². The van der Waals surface area contributed by atoms with Crippen molar-refractivity contribution in [3.63, 3.8) is 0 Å². The fourth-order valence-corrected chi connectivity index (χ4v) is 4.69. The molecule has 0 radical (unpaired) electrons. The van der Waals surface area contributed by atoms with Crippen molar-refractivity contribution < 1.29 is 36.6 Å². The first-order chi connectivity index (χ1) is 17.5. The third kappa shape index (κ3) is 6.90. The van der Waals surface area contributed by atoms with E-state index in [1.165, 1.54) is 24.3 Å². The molecule has 2 unspecified atom stereocenters. The number of urea groups is 1. The minimum Gasteiger partial charge on any atom is -0.404 e. The Kier molecular flexibility index (Phi) is 7.90. The number of nitrogens with two attached hydrogens (primary N) is 1. The van der Waals surface area contributed by atoms with Gasteiger partial charge in [-0.3, -0.25) is 9.69 Å². The molecule has 2 saturated heterocycles. The Morgan fingerprint density at radius 3 is 2.41 bits per heavy atom. The number of benzene rings is 2. The minimum absolute atomic E-state index is 0.00344. The molecule has 2 aromatic rings. The molecule has 2 bridgehead atoms. The van der Waals surface area contributed by atoms with E-state index >= 15 is 0 Å². The molecule has 2 aromatic carbocycles. The number of carbonyl (C=O) groups excluding carboxylic acids is 2. The monoisotopic (exact) mass is 542 g/mol. The fourth-order valence-electron chi connectivity index (χ4n) is 4.49. The molecule has 198 valence electrons. The van der Waals surface area contributed by atoms with Gasteiger partial charge in [-0.25, -0.2) is 9.18 Å². The highest BCUT2D eigenvalue weighted by Crippen LogP contribution is 2.35. The molecule has 0 aliphatic carbocycles. The van der Waals surface area contributed by atoms with E-state index in [2.05, 4.69) is 15.0 Å². The zero-order valence-corrected chi connectivity index (χ0v) is 20.1. The van der Waals surface area contributed by atoms with Crippen molar-refractivity contribution >= 4 is 35.3 Å². The van der Waals surface area contributed by atoms with Gasteiger partial charge in [-0.1, -0.05) is 23.7 Å². The van der Waals surface area contributed by atoms with Crippen molar-refractivity contribution in [2.24, 2.45) is 5.73 Å². The van der Waals surface area contributed by atoms with Crippen LogP contribution in [-0.4, -0.2) is 66.5 Å². The molecule has 2 fully saturated rings. The Labute approximate surface area is 214 Å². The number of primary amides is 1. The SMILES string of the molecule is NC(=O)Nc1cc(Cl)c(OC(F)(F)F)cc1/C=C/C(=O)N1C2COCC1CN(Cc1ccc(F)cc1)C2. The van der Waals surface area contributed by atoms with Crippen LogP contribution in [0.15, 0.2) is 42.5 Å². The highest BCUT2D eigenvalue weighted by atomic mass is 35.5. The summed E-state index contributed by atoms with van der Waals surface area (Å²) in [5.74, 6) is -1.39. The second-order valence-electron chi connectivity index (χ2n) is 8.65. The summed E-state index contributed by atoms with van der Waals surface area (Å²) in [6, 6.07) is 6.73. The molecule has 0 spiro atoms. The minimum atomic E-state index is -5.00. The van der Waals surface area contributed by atoms with Crippen LogP contribution < -0.4 is 15.8 Å². The van der Waals surface area contributed by atoms with Gasteiger partial charge in [-0.15, -0.1) is 13.2 Å². The third-order valence-electron chi connectivity index (χ3n) is 5.91. The van der Waals surface area contributed by atoms with Gasteiger partial charge in [-0.05, 0) is 35.9 Å². The number of morpholine rings is 1. The summed E-state index contributed by atoms with van der Waals surface area (Å²) in [7, 11) is 0. The number of ether oxygens (including phenoxy) is 2. The maximum absolute atomic E-state index is 13.2. The molecule has 3 amide bonds. The van der Waals surface area contributed by atoms with Crippen LogP contribution in [0.2, 0.25) is 5.02 Å². The molecular weight excluding hydrogens is 520 g/mol. The van der Waals surface area contributed by atoms with Gasteiger partial charge in [0.25, 0.3) is 0 Å². The topological polar surface area (TPSA) is 97.1 Å². The van der Waals surface area contributed by atoms with Crippen LogP contribution in [0, 0.1) is 5.82 Å². The van der Waals surface area contributed by atoms with Gasteiger partial charge in [0.1, 0.15) is 11.6 Å². The molecule has 2 atom stereocenters. The van der Waals surface area contributed by atoms with E-state index in [0.717, 1.165) is 17.7 Å². The second kappa shape index (κ2) is 11.0. The standard InChI is InChI=1S/C24H23ClF4N4O4/c25-19-8-20(31-23(30)35)15(7-21(19)37-24(27,28)29)3-6-22(34)33-17-10-32(11-18(33)13-36-12-17)9-14-1-4-16(26)5-2-14/h1-8,17-18H,9-13H2,(H3,30,31,35)/b6-3+. The van der Waals surface area contributed by atoms with Crippen LogP contribution in [-0.2, 0) is 16.1 Å². The summed E-state index contributed by atoms with van der Waals surface area (Å²) in [5.41, 5.74) is 6.13. The number of hydrogen-bond donors (Lipinski definition) is 2. The summed E-state index contributed by atoms with van der Waals surface area (Å²) < 4.78 is 61.1. The van der Waals surface area contributed by atoms with Crippen molar-refractivity contribution in [2.75, 3.05) is 31.6 Å². The Balaban J connectivity index is 1.51. The van der Waals surface area contributed by atoms with Gasteiger partial charge in [0, 0.05) is 31.3 Å². The Morgan fingerprint density at radius 1 is 1.16 bits per heavy atom. The average molecular weight is 543 g/mol. The van der Waals surface area contributed by atoms with E-state index in [-0.39, 0.29) is 35.1 Å². The number of nitrogens with zero attached hydrogens (tertiary/aromatic N) is 2. The number of anilines is 1. The first-order valence-corrected chi connectivity index (χ1v) is 11.6. The number of alkyl halides is 3. The Bertz CT molecular complexity index is 1180. The van der Waals surface area contributed by atoms with Crippen molar-refractivity contribution in [2.45, 2.75) is 25.0 Å². The van der Waals surface area contributed by atoms with E-state index in [0.29, 0.717) is 32.8 Å². The fraction of sp³-hybridized carbons (Fsp3) is 0.333. The predicted octanol–water partition coefficient (Wildman–Crippen LogP) is 3.99. The van der Waals surface area contributed by atoms with Crippen LogP contribution in [0.3, 0.4) is 0 Å². The van der Waals surface area contributed by atoms with Gasteiger partial charge >= 0.3 is 12.4 Å². The Morgan fingerprint density at radius 2 is 1.81 bits per heavy atom. The predicted molar refractivity (Wildman–Crippen MR) is 127 cm³/mol. The molecule has 2 aliphatic rings. The number of piperazine rings is 1. The van der Waals surface area contributed by atoms with E-state index < -0.39 is 23.2 Å². The van der Waals surface area contributed by atoms with Crippen LogP contribution in [0.25, 0.3) is 6.08 Å². The number of halogens is 5. The van der Waals surface area contributed by atoms with Crippen LogP contribution in [0.4, 0.5) is 28.0 Å². The van der Waals surface area contributed by atoms with E-state index in [1.54, 1.807) is 17.0 Å². The highest BCUT2D eigenvalue weighted by molar-refractivity contribution is 6.32. The molecule has 13 heteroatoms. The lowest BCUT2D eigenvalue weighted by Crippen LogP contribution is -2.65. The van der Waals surface area contributed by atoms with Gasteiger partial charge < -0.3 is 25.4 Å². The van der Waals surface area contributed by atoms with Crippen LogP contribution in [0.5, 0.6) is 5.75 Å². The summed E-state index contributed by atoms with van der Waals surface area (Å²) in [5, 5.41) is 1.86. The number of nitrogens with one attached hydrogen (secondary N) is 1. The summed E-state index contributed by atoms with van der Waals surface area (Å²) in [6.45, 7) is 2.25. The second-order valence-corrected chi connectivity index (χ2v) is 9.06. The molecule has 0 saturated carbocycles. The lowest BCUT2D eigenvalue weighted by molar-refractivity contribution is -0.274. The number of carbonyl (C=O) groups is 2. The van der Waals surface area contributed by atoms with Crippen molar-refractivity contribution in [3.8, 4) is 5.75 Å². The van der Waals surface area contributed by atoms with Gasteiger partial charge in [0.05, 0.1) is 36.0 Å². The van der Waals surface area contributed by atoms with Gasteiger partial charge in [0.2, 0.25) is 5.91 Å². The zero-order valence-electron chi connectivity index (χ0n) is 19.3. The van der Waals surface area contributed by atoms with Crippen LogP contribution in [0.1, 0.15) is 11.1 Å².